The van der Waals surface area contributed by atoms with Gasteiger partial charge in [0.1, 0.15) is 0 Å². The molecular weight excluding hydrogens is 214 g/mol. The monoisotopic (exact) mass is 235 g/mol. The Labute approximate surface area is 103 Å². The Morgan fingerprint density at radius 1 is 1.59 bits per heavy atom. The van der Waals surface area contributed by atoms with Gasteiger partial charge in [0.05, 0.1) is 12.1 Å². The maximum Gasteiger partial charge on any atom is 0.0811 e. The minimum atomic E-state index is 0.0381. The molecule has 0 amide bonds. The van der Waals surface area contributed by atoms with Crippen LogP contribution in [0.5, 0.6) is 0 Å². The first-order valence-electron chi connectivity index (χ1n) is 6.26. The predicted molar refractivity (Wildman–Crippen MR) is 67.2 cm³/mol. The van der Waals surface area contributed by atoms with E-state index in [1.807, 2.05) is 19.2 Å². The van der Waals surface area contributed by atoms with E-state index in [0.29, 0.717) is 5.92 Å². The fourth-order valence-corrected chi connectivity index (χ4v) is 2.29. The van der Waals surface area contributed by atoms with Gasteiger partial charge in [-0.15, -0.1) is 0 Å². The lowest BCUT2D eigenvalue weighted by Gasteiger charge is -2.27. The van der Waals surface area contributed by atoms with Crippen LogP contribution in [0.4, 0.5) is 0 Å². The van der Waals surface area contributed by atoms with E-state index in [-0.39, 0.29) is 12.1 Å². The molecule has 0 radical (unpaired) electrons. The Balaban J connectivity index is 2.21. The highest BCUT2D eigenvalue weighted by atomic mass is 16.5. The molecule has 1 aliphatic carbocycles. The fraction of sp³-hybridized carbons (Fsp3) is 0.615. The molecule has 0 aliphatic heterocycles. The summed E-state index contributed by atoms with van der Waals surface area (Å²) in [7, 11) is 0. The van der Waals surface area contributed by atoms with E-state index in [9.17, 15) is 0 Å². The summed E-state index contributed by atoms with van der Waals surface area (Å²) in [6.45, 7) is 4.83. The molecule has 2 unspecified atom stereocenters. The van der Waals surface area contributed by atoms with Crippen molar-refractivity contribution >= 4 is 0 Å². The van der Waals surface area contributed by atoms with Gasteiger partial charge in [-0.2, -0.15) is 0 Å². The van der Waals surface area contributed by atoms with Crippen molar-refractivity contribution in [1.82, 2.24) is 10.4 Å². The maximum atomic E-state index is 5.86. The second-order valence-electron chi connectivity index (χ2n) is 4.63. The molecule has 2 rings (SSSR count). The number of hydrogen-bond acceptors (Lipinski definition) is 4. The zero-order chi connectivity index (χ0) is 12.3. The van der Waals surface area contributed by atoms with Gasteiger partial charge in [-0.25, -0.2) is 0 Å². The molecule has 1 heterocycles. The zero-order valence-corrected chi connectivity index (χ0v) is 10.5. The molecule has 4 heteroatoms. The van der Waals surface area contributed by atoms with Gasteiger partial charge in [-0.3, -0.25) is 16.3 Å². The molecular formula is C13H21N3O. The molecule has 1 aromatic heterocycles. The average Bonchev–Trinajstić information content (AvgIpc) is 3.15. The van der Waals surface area contributed by atoms with Gasteiger partial charge in [-0.05, 0) is 49.8 Å². The Hall–Kier alpha value is -0.970. The highest BCUT2D eigenvalue weighted by Gasteiger charge is 2.38. The molecule has 1 saturated carbocycles. The van der Waals surface area contributed by atoms with Crippen molar-refractivity contribution < 1.29 is 4.74 Å². The van der Waals surface area contributed by atoms with Crippen LogP contribution in [0.2, 0.25) is 0 Å². The largest absolute Gasteiger partial charge is 0.376 e. The standard InChI is InChI=1S/C13H21N3O/c1-3-17-13(10-4-5-10)12(16-14)11-8-15-7-6-9(11)2/h6-8,10,12-13,16H,3-5,14H2,1-2H3. The first-order chi connectivity index (χ1) is 8.27. The lowest BCUT2D eigenvalue weighted by Crippen LogP contribution is -2.39. The number of pyridine rings is 1. The van der Waals surface area contributed by atoms with E-state index >= 15 is 0 Å². The summed E-state index contributed by atoms with van der Waals surface area (Å²) in [5, 5.41) is 0. The number of hydrazine groups is 1. The number of nitrogens with zero attached hydrogens (tertiary/aromatic N) is 1. The first kappa shape index (κ1) is 12.5. The summed E-state index contributed by atoms with van der Waals surface area (Å²) >= 11 is 0. The van der Waals surface area contributed by atoms with E-state index < -0.39 is 0 Å². The quantitative estimate of drug-likeness (QED) is 0.582. The molecule has 0 spiro atoms. The third-order valence-corrected chi connectivity index (χ3v) is 3.37. The molecule has 2 atom stereocenters. The molecule has 94 valence electrons. The van der Waals surface area contributed by atoms with Crippen molar-refractivity contribution in [2.75, 3.05) is 6.61 Å². The van der Waals surface area contributed by atoms with Crippen molar-refractivity contribution in [1.29, 1.82) is 0 Å². The Kier molecular flexibility index (Phi) is 4.10. The minimum absolute atomic E-state index is 0.0381. The van der Waals surface area contributed by atoms with Crippen LogP contribution in [0.1, 0.15) is 36.9 Å². The summed E-state index contributed by atoms with van der Waals surface area (Å²) < 4.78 is 5.86. The number of ether oxygens (including phenoxy) is 1. The van der Waals surface area contributed by atoms with Gasteiger partial charge in [0.15, 0.2) is 0 Å². The van der Waals surface area contributed by atoms with Crippen LogP contribution in [0.3, 0.4) is 0 Å². The highest BCUT2D eigenvalue weighted by Crippen LogP contribution is 2.40. The molecule has 17 heavy (non-hydrogen) atoms. The lowest BCUT2D eigenvalue weighted by molar-refractivity contribution is 0.0183. The fourth-order valence-electron chi connectivity index (χ4n) is 2.29. The second-order valence-corrected chi connectivity index (χ2v) is 4.63. The maximum absolute atomic E-state index is 5.86. The van der Waals surface area contributed by atoms with Crippen LogP contribution in [0, 0.1) is 12.8 Å². The van der Waals surface area contributed by atoms with E-state index in [0.717, 1.165) is 12.2 Å². The summed E-state index contributed by atoms with van der Waals surface area (Å²) in [4.78, 5) is 4.19. The summed E-state index contributed by atoms with van der Waals surface area (Å²) in [6.07, 6.45) is 6.32. The molecule has 0 aromatic carbocycles. The van der Waals surface area contributed by atoms with E-state index in [4.69, 9.17) is 10.6 Å². The van der Waals surface area contributed by atoms with Crippen LogP contribution >= 0.6 is 0 Å². The van der Waals surface area contributed by atoms with Crippen molar-refractivity contribution in [3.05, 3.63) is 29.6 Å². The minimum Gasteiger partial charge on any atom is -0.376 e. The van der Waals surface area contributed by atoms with Crippen molar-refractivity contribution in [3.8, 4) is 0 Å². The lowest BCUT2D eigenvalue weighted by atomic mass is 9.96. The highest BCUT2D eigenvalue weighted by molar-refractivity contribution is 5.26. The van der Waals surface area contributed by atoms with E-state index in [1.54, 1.807) is 6.20 Å². The van der Waals surface area contributed by atoms with Crippen LogP contribution in [0.15, 0.2) is 18.5 Å². The van der Waals surface area contributed by atoms with E-state index in [1.165, 1.54) is 18.4 Å². The van der Waals surface area contributed by atoms with Gasteiger partial charge in [0.25, 0.3) is 0 Å². The molecule has 1 aliphatic rings. The van der Waals surface area contributed by atoms with Gasteiger partial charge < -0.3 is 4.74 Å². The van der Waals surface area contributed by atoms with E-state index in [2.05, 4.69) is 17.3 Å². The Bertz CT molecular complexity index is 365. The molecule has 0 saturated heterocycles. The zero-order valence-electron chi connectivity index (χ0n) is 10.5. The normalized spacial score (nSPS) is 19.0. The predicted octanol–water partition coefficient (Wildman–Crippen LogP) is 1.71. The van der Waals surface area contributed by atoms with Gasteiger partial charge in [-0.1, -0.05) is 0 Å². The number of nitrogens with two attached hydrogens (primary N) is 1. The Morgan fingerprint density at radius 2 is 2.35 bits per heavy atom. The van der Waals surface area contributed by atoms with Crippen molar-refractivity contribution in [2.45, 2.75) is 38.8 Å². The van der Waals surface area contributed by atoms with Gasteiger partial charge in [0, 0.05) is 19.0 Å². The average molecular weight is 235 g/mol. The van der Waals surface area contributed by atoms with Crippen LogP contribution in [-0.4, -0.2) is 17.7 Å². The number of aryl methyl sites for hydroxylation is 1. The SMILES string of the molecule is CCOC(C1CC1)C(NN)c1cnccc1C. The molecule has 4 nitrogen and oxygen atoms in total. The number of nitrogens with one attached hydrogen (secondary N) is 1. The Morgan fingerprint density at radius 3 is 2.88 bits per heavy atom. The molecule has 1 fully saturated rings. The van der Waals surface area contributed by atoms with Crippen LogP contribution < -0.4 is 11.3 Å². The van der Waals surface area contributed by atoms with Gasteiger partial charge >= 0.3 is 0 Å². The topological polar surface area (TPSA) is 60.2 Å². The summed E-state index contributed by atoms with van der Waals surface area (Å²) in [5.41, 5.74) is 5.24. The van der Waals surface area contributed by atoms with Crippen LogP contribution in [0.25, 0.3) is 0 Å². The number of aromatic nitrogens is 1. The molecule has 3 N–H and O–H groups in total. The molecule has 1 aromatic rings. The third kappa shape index (κ3) is 2.83. The number of rotatable bonds is 6. The third-order valence-electron chi connectivity index (χ3n) is 3.37. The van der Waals surface area contributed by atoms with Crippen LogP contribution in [-0.2, 0) is 4.74 Å². The number of hydrogen-bond donors (Lipinski definition) is 2. The molecule has 0 bridgehead atoms. The first-order valence-corrected chi connectivity index (χ1v) is 6.26. The summed E-state index contributed by atoms with van der Waals surface area (Å²) in [5.74, 6) is 6.35. The van der Waals surface area contributed by atoms with Gasteiger partial charge in [0.2, 0.25) is 0 Å². The van der Waals surface area contributed by atoms with Crippen molar-refractivity contribution in [3.63, 3.8) is 0 Å². The van der Waals surface area contributed by atoms with Crippen molar-refractivity contribution in [2.24, 2.45) is 11.8 Å². The summed E-state index contributed by atoms with van der Waals surface area (Å²) in [6, 6.07) is 2.05. The smallest absolute Gasteiger partial charge is 0.0811 e. The second kappa shape index (κ2) is 5.58.